The van der Waals surface area contributed by atoms with Crippen LogP contribution in [0, 0.1) is 0 Å². The molecular weight excluding hydrogens is 181 g/mol. The molecule has 0 radical (unpaired) electrons. The fourth-order valence-electron chi connectivity index (χ4n) is 1.56. The molecule has 1 aliphatic carbocycles. The summed E-state index contributed by atoms with van der Waals surface area (Å²) in [4.78, 5) is -0.253. The summed E-state index contributed by atoms with van der Waals surface area (Å²) in [6, 6.07) is 0.670. The van der Waals surface area contributed by atoms with E-state index in [2.05, 4.69) is 5.32 Å². The number of rotatable bonds is 3. The van der Waals surface area contributed by atoms with Gasteiger partial charge in [0.05, 0.1) is 0 Å². The Bertz CT molecular complexity index is 100. The number of hydrogen-bond donors (Lipinski definition) is 1. The van der Waals surface area contributed by atoms with Crippen molar-refractivity contribution < 1.29 is 0 Å². The van der Waals surface area contributed by atoms with Crippen LogP contribution in [0.2, 0.25) is 0 Å². The van der Waals surface area contributed by atoms with E-state index in [4.69, 9.17) is 23.2 Å². The molecule has 1 nitrogen and oxygen atoms in total. The van der Waals surface area contributed by atoms with Crippen LogP contribution in [0.3, 0.4) is 0 Å². The normalized spacial score (nSPS) is 21.0. The largest absolute Gasteiger partial charge is 0.311 e. The van der Waals surface area contributed by atoms with Crippen LogP contribution in [0.15, 0.2) is 0 Å². The summed E-state index contributed by atoms with van der Waals surface area (Å²) in [5, 5.41) is 3.36. The monoisotopic (exact) mass is 195 g/mol. The van der Waals surface area contributed by atoms with Crippen LogP contribution in [-0.4, -0.2) is 17.4 Å². The molecule has 0 spiro atoms. The van der Waals surface area contributed by atoms with Gasteiger partial charge in [0.1, 0.15) is 4.84 Å². The van der Waals surface area contributed by atoms with Crippen molar-refractivity contribution >= 4 is 23.2 Å². The zero-order chi connectivity index (χ0) is 8.10. The number of nitrogens with one attached hydrogen (secondary N) is 1. The predicted molar refractivity (Wildman–Crippen MR) is 50.4 cm³/mol. The number of alkyl halides is 2. The fourth-order valence-corrected chi connectivity index (χ4v) is 1.74. The van der Waals surface area contributed by atoms with E-state index in [1.54, 1.807) is 0 Å². The SMILES string of the molecule is ClC(Cl)CNC1CCCCC1. The quantitative estimate of drug-likeness (QED) is 0.684. The van der Waals surface area contributed by atoms with Crippen molar-refractivity contribution in [1.29, 1.82) is 0 Å². The molecule has 0 heterocycles. The molecule has 1 N–H and O–H groups in total. The van der Waals surface area contributed by atoms with Crippen molar-refractivity contribution in [3.05, 3.63) is 0 Å². The molecule has 0 aromatic rings. The molecule has 1 rings (SSSR count). The van der Waals surface area contributed by atoms with Gasteiger partial charge in [-0.25, -0.2) is 0 Å². The lowest BCUT2D eigenvalue weighted by atomic mass is 9.96. The molecule has 1 saturated carbocycles. The van der Waals surface area contributed by atoms with Gasteiger partial charge in [0.2, 0.25) is 0 Å². The zero-order valence-corrected chi connectivity index (χ0v) is 8.17. The standard InChI is InChI=1S/C8H15Cl2N/c9-8(10)6-11-7-4-2-1-3-5-7/h7-8,11H,1-6H2. The van der Waals surface area contributed by atoms with Gasteiger partial charge in [0.25, 0.3) is 0 Å². The summed E-state index contributed by atoms with van der Waals surface area (Å²) in [6.07, 6.45) is 6.68. The molecule has 0 aliphatic heterocycles. The third-order valence-electron chi connectivity index (χ3n) is 2.17. The van der Waals surface area contributed by atoms with Gasteiger partial charge >= 0.3 is 0 Å². The average Bonchev–Trinajstić information content (AvgIpc) is 2.03. The summed E-state index contributed by atoms with van der Waals surface area (Å²) in [5.74, 6) is 0. The summed E-state index contributed by atoms with van der Waals surface area (Å²) >= 11 is 11.2. The Morgan fingerprint density at radius 1 is 1.18 bits per heavy atom. The zero-order valence-electron chi connectivity index (χ0n) is 6.65. The smallest absolute Gasteiger partial charge is 0.120 e. The maximum Gasteiger partial charge on any atom is 0.120 e. The topological polar surface area (TPSA) is 12.0 Å². The molecule has 0 atom stereocenters. The molecule has 3 heteroatoms. The molecule has 0 bridgehead atoms. The van der Waals surface area contributed by atoms with E-state index in [9.17, 15) is 0 Å². The molecule has 0 amide bonds. The highest BCUT2D eigenvalue weighted by Gasteiger charge is 2.12. The first-order chi connectivity index (χ1) is 5.29. The molecular formula is C8H15Cl2N. The highest BCUT2D eigenvalue weighted by atomic mass is 35.5. The lowest BCUT2D eigenvalue weighted by molar-refractivity contribution is 0.379. The van der Waals surface area contributed by atoms with Crippen LogP contribution < -0.4 is 5.32 Å². The second-order valence-corrected chi connectivity index (χ2v) is 4.41. The fraction of sp³-hybridized carbons (Fsp3) is 1.00. The highest BCUT2D eigenvalue weighted by Crippen LogP contribution is 2.17. The lowest BCUT2D eigenvalue weighted by Crippen LogP contribution is -2.33. The molecule has 0 aromatic carbocycles. The summed E-state index contributed by atoms with van der Waals surface area (Å²) in [5.41, 5.74) is 0. The van der Waals surface area contributed by atoms with E-state index in [0.717, 1.165) is 6.54 Å². The first-order valence-corrected chi connectivity index (χ1v) is 5.18. The van der Waals surface area contributed by atoms with Crippen molar-refractivity contribution in [3.63, 3.8) is 0 Å². The van der Waals surface area contributed by atoms with E-state index in [0.29, 0.717) is 6.04 Å². The molecule has 1 aliphatic rings. The van der Waals surface area contributed by atoms with E-state index < -0.39 is 0 Å². The van der Waals surface area contributed by atoms with Crippen molar-refractivity contribution in [2.45, 2.75) is 43.0 Å². The summed E-state index contributed by atoms with van der Waals surface area (Å²) < 4.78 is 0. The Morgan fingerprint density at radius 3 is 2.36 bits per heavy atom. The average molecular weight is 196 g/mol. The minimum absolute atomic E-state index is 0.253. The molecule has 0 unspecified atom stereocenters. The van der Waals surface area contributed by atoms with E-state index >= 15 is 0 Å². The molecule has 0 aromatic heterocycles. The second kappa shape index (κ2) is 5.23. The van der Waals surface area contributed by atoms with Gasteiger partial charge in [-0.2, -0.15) is 0 Å². The van der Waals surface area contributed by atoms with Crippen LogP contribution in [0.4, 0.5) is 0 Å². The van der Waals surface area contributed by atoms with Gasteiger partial charge in [0.15, 0.2) is 0 Å². The van der Waals surface area contributed by atoms with Gasteiger partial charge in [0, 0.05) is 12.6 Å². The van der Waals surface area contributed by atoms with Crippen LogP contribution in [-0.2, 0) is 0 Å². The van der Waals surface area contributed by atoms with E-state index in [-0.39, 0.29) is 4.84 Å². The van der Waals surface area contributed by atoms with Crippen molar-refractivity contribution in [2.24, 2.45) is 0 Å². The Kier molecular flexibility index (Phi) is 4.58. The second-order valence-electron chi connectivity index (χ2n) is 3.13. The van der Waals surface area contributed by atoms with E-state index in [1.807, 2.05) is 0 Å². The lowest BCUT2D eigenvalue weighted by Gasteiger charge is -2.22. The number of hydrogen-bond acceptors (Lipinski definition) is 1. The van der Waals surface area contributed by atoms with Crippen molar-refractivity contribution in [2.75, 3.05) is 6.54 Å². The third-order valence-corrected chi connectivity index (χ3v) is 2.47. The first kappa shape index (κ1) is 9.63. The van der Waals surface area contributed by atoms with Crippen LogP contribution in [0.5, 0.6) is 0 Å². The number of halogens is 2. The molecule has 11 heavy (non-hydrogen) atoms. The Labute approximate surface area is 78.4 Å². The van der Waals surface area contributed by atoms with Crippen LogP contribution in [0.25, 0.3) is 0 Å². The first-order valence-electron chi connectivity index (χ1n) is 4.30. The minimum Gasteiger partial charge on any atom is -0.311 e. The Morgan fingerprint density at radius 2 is 1.82 bits per heavy atom. The Hall–Kier alpha value is 0.540. The minimum atomic E-state index is -0.253. The Balaban J connectivity index is 2.05. The molecule has 66 valence electrons. The van der Waals surface area contributed by atoms with E-state index in [1.165, 1.54) is 32.1 Å². The van der Waals surface area contributed by atoms with Gasteiger partial charge < -0.3 is 5.32 Å². The summed E-state index contributed by atoms with van der Waals surface area (Å²) in [7, 11) is 0. The maximum absolute atomic E-state index is 5.60. The summed E-state index contributed by atoms with van der Waals surface area (Å²) in [6.45, 7) is 0.730. The highest BCUT2D eigenvalue weighted by molar-refractivity contribution is 6.44. The van der Waals surface area contributed by atoms with Gasteiger partial charge in [-0.1, -0.05) is 19.3 Å². The van der Waals surface area contributed by atoms with Crippen molar-refractivity contribution in [1.82, 2.24) is 5.32 Å². The predicted octanol–water partition coefficient (Wildman–Crippen LogP) is 2.71. The van der Waals surface area contributed by atoms with Crippen LogP contribution in [0.1, 0.15) is 32.1 Å². The van der Waals surface area contributed by atoms with Gasteiger partial charge in [-0.05, 0) is 12.8 Å². The van der Waals surface area contributed by atoms with Crippen LogP contribution >= 0.6 is 23.2 Å². The van der Waals surface area contributed by atoms with Gasteiger partial charge in [-0.3, -0.25) is 0 Å². The van der Waals surface area contributed by atoms with Gasteiger partial charge in [-0.15, -0.1) is 23.2 Å². The third kappa shape index (κ3) is 4.19. The van der Waals surface area contributed by atoms with Crippen molar-refractivity contribution in [3.8, 4) is 0 Å². The molecule has 0 saturated heterocycles. The maximum atomic E-state index is 5.60. The molecule has 1 fully saturated rings.